The van der Waals surface area contributed by atoms with Crippen molar-refractivity contribution in [2.45, 2.75) is 57.3 Å². The molecule has 13 heteroatoms. The smallest absolute Gasteiger partial charge is 0.325 e. The maximum atomic E-state index is 12.5. The Hall–Kier alpha value is -3.48. The maximum Gasteiger partial charge on any atom is 0.325 e. The predicted octanol–water partition coefficient (Wildman–Crippen LogP) is -2.28. The molecule has 30 heavy (non-hydrogen) atoms. The van der Waals surface area contributed by atoms with Crippen molar-refractivity contribution < 1.29 is 34.2 Å². The largest absolute Gasteiger partial charge is 0.481 e. The average molecular weight is 426 g/mol. The van der Waals surface area contributed by atoms with Gasteiger partial charge in [0.15, 0.2) is 0 Å². The van der Waals surface area contributed by atoms with Crippen LogP contribution in [0.1, 0.15) is 32.4 Å². The lowest BCUT2D eigenvalue weighted by molar-refractivity contribution is -0.141. The van der Waals surface area contributed by atoms with Gasteiger partial charge in [0.25, 0.3) is 0 Å². The lowest BCUT2D eigenvalue weighted by Crippen LogP contribution is -2.56. The van der Waals surface area contributed by atoms with Crippen molar-refractivity contribution >= 4 is 29.7 Å². The van der Waals surface area contributed by atoms with Crippen LogP contribution in [0.15, 0.2) is 12.5 Å². The van der Waals surface area contributed by atoms with E-state index in [4.69, 9.17) is 15.9 Å². The number of nitrogens with zero attached hydrogens (tertiary/aromatic N) is 1. The second kappa shape index (κ2) is 11.5. The molecule has 13 nitrogen and oxygen atoms in total. The standard InChI is InChI=1S/C17H26N6O7/c1-8(14(26)22-9(2)17(29)30)21-16(28)12(3-4-13(24)25)23-15(27)11(18)5-10-6-19-7-20-10/h6-9,11-12H,3-5,18H2,1-2H3,(H,19,20)(H,21,28)(H,22,26)(H,23,27)(H,24,25)(H,29,30). The highest BCUT2D eigenvalue weighted by atomic mass is 16.4. The third-order valence-electron chi connectivity index (χ3n) is 4.09. The summed E-state index contributed by atoms with van der Waals surface area (Å²) in [5, 5.41) is 24.6. The van der Waals surface area contributed by atoms with Gasteiger partial charge in [0.05, 0.1) is 12.4 Å². The number of aliphatic carboxylic acids is 2. The molecular weight excluding hydrogens is 400 g/mol. The summed E-state index contributed by atoms with van der Waals surface area (Å²) in [5.74, 6) is -4.67. The minimum absolute atomic E-state index is 0.116. The molecule has 0 saturated heterocycles. The van der Waals surface area contributed by atoms with Crippen molar-refractivity contribution in [3.63, 3.8) is 0 Å². The second-order valence-electron chi connectivity index (χ2n) is 6.68. The summed E-state index contributed by atoms with van der Waals surface area (Å²) in [7, 11) is 0. The number of aromatic amines is 1. The van der Waals surface area contributed by atoms with Crippen LogP contribution in [-0.4, -0.2) is 74.0 Å². The Morgan fingerprint density at radius 3 is 2.20 bits per heavy atom. The van der Waals surface area contributed by atoms with Crippen molar-refractivity contribution in [1.29, 1.82) is 0 Å². The first-order valence-corrected chi connectivity index (χ1v) is 9.09. The van der Waals surface area contributed by atoms with Gasteiger partial charge in [-0.25, -0.2) is 4.98 Å². The highest BCUT2D eigenvalue weighted by Crippen LogP contribution is 2.02. The summed E-state index contributed by atoms with van der Waals surface area (Å²) in [6.07, 6.45) is 2.38. The zero-order chi connectivity index (χ0) is 22.8. The zero-order valence-corrected chi connectivity index (χ0v) is 16.5. The quantitative estimate of drug-likeness (QED) is 0.191. The van der Waals surface area contributed by atoms with Gasteiger partial charge >= 0.3 is 11.9 Å². The molecule has 0 fully saturated rings. The number of amides is 3. The molecule has 0 aromatic carbocycles. The number of carboxylic acids is 2. The van der Waals surface area contributed by atoms with Crippen LogP contribution in [0.5, 0.6) is 0 Å². The molecule has 0 bridgehead atoms. The highest BCUT2D eigenvalue weighted by Gasteiger charge is 2.28. The van der Waals surface area contributed by atoms with E-state index < -0.39 is 60.2 Å². The molecule has 0 saturated carbocycles. The normalized spacial score (nSPS) is 14.6. The van der Waals surface area contributed by atoms with Crippen molar-refractivity contribution in [3.8, 4) is 0 Å². The number of nitrogens with two attached hydrogens (primary N) is 1. The molecule has 0 radical (unpaired) electrons. The van der Waals surface area contributed by atoms with Crippen LogP contribution in [0.2, 0.25) is 0 Å². The molecule has 4 unspecified atom stereocenters. The Morgan fingerprint density at radius 2 is 1.67 bits per heavy atom. The number of nitrogens with one attached hydrogen (secondary N) is 4. The molecule has 3 amide bonds. The third-order valence-corrected chi connectivity index (χ3v) is 4.09. The lowest BCUT2D eigenvalue weighted by Gasteiger charge is -2.22. The van der Waals surface area contributed by atoms with Crippen LogP contribution in [0.3, 0.4) is 0 Å². The van der Waals surface area contributed by atoms with Gasteiger partial charge in [0.2, 0.25) is 17.7 Å². The second-order valence-corrected chi connectivity index (χ2v) is 6.68. The van der Waals surface area contributed by atoms with Gasteiger partial charge in [-0.15, -0.1) is 0 Å². The van der Waals surface area contributed by atoms with Crippen LogP contribution in [-0.2, 0) is 30.4 Å². The van der Waals surface area contributed by atoms with Crippen LogP contribution in [0, 0.1) is 0 Å². The number of hydrogen-bond acceptors (Lipinski definition) is 7. The molecule has 8 N–H and O–H groups in total. The summed E-state index contributed by atoms with van der Waals surface area (Å²) in [5.41, 5.74) is 6.42. The van der Waals surface area contributed by atoms with Crippen LogP contribution in [0.25, 0.3) is 0 Å². The monoisotopic (exact) mass is 426 g/mol. The third kappa shape index (κ3) is 8.26. The first-order valence-electron chi connectivity index (χ1n) is 9.09. The number of aromatic nitrogens is 2. The molecule has 0 aliphatic rings. The van der Waals surface area contributed by atoms with Gasteiger partial charge < -0.3 is 36.9 Å². The first-order chi connectivity index (χ1) is 14.0. The molecule has 1 aromatic rings. The molecule has 0 aliphatic heterocycles. The Bertz CT molecular complexity index is 767. The number of carbonyl (C=O) groups excluding carboxylic acids is 3. The lowest BCUT2D eigenvalue weighted by atomic mass is 10.1. The van der Waals surface area contributed by atoms with E-state index in [0.29, 0.717) is 5.69 Å². The van der Waals surface area contributed by atoms with Crippen molar-refractivity contribution in [1.82, 2.24) is 25.9 Å². The molecule has 1 rings (SSSR count). The number of carbonyl (C=O) groups is 5. The summed E-state index contributed by atoms with van der Waals surface area (Å²) in [6, 6.07) is -4.57. The maximum absolute atomic E-state index is 12.5. The van der Waals surface area contributed by atoms with Gasteiger partial charge in [0, 0.05) is 24.7 Å². The summed E-state index contributed by atoms with van der Waals surface area (Å²) in [6.45, 7) is 2.58. The zero-order valence-electron chi connectivity index (χ0n) is 16.5. The average Bonchev–Trinajstić information content (AvgIpc) is 3.17. The van der Waals surface area contributed by atoms with E-state index in [1.807, 2.05) is 0 Å². The van der Waals surface area contributed by atoms with E-state index in [0.717, 1.165) is 0 Å². The Kier molecular flexibility index (Phi) is 9.42. The Morgan fingerprint density at radius 1 is 1.03 bits per heavy atom. The van der Waals surface area contributed by atoms with Crippen LogP contribution in [0.4, 0.5) is 0 Å². The van der Waals surface area contributed by atoms with E-state index in [-0.39, 0.29) is 12.8 Å². The number of rotatable bonds is 12. The van der Waals surface area contributed by atoms with Gasteiger partial charge in [-0.2, -0.15) is 0 Å². The number of H-pyrrole nitrogens is 1. The SMILES string of the molecule is CC(NC(=O)C(C)NC(=O)C(CCC(=O)O)NC(=O)C(N)Cc1cnc[nH]1)C(=O)O. The fourth-order valence-electron chi connectivity index (χ4n) is 2.32. The van der Waals surface area contributed by atoms with Crippen molar-refractivity contribution in [2.75, 3.05) is 0 Å². The van der Waals surface area contributed by atoms with E-state index >= 15 is 0 Å². The molecule has 0 aliphatic carbocycles. The summed E-state index contributed by atoms with van der Waals surface area (Å²) in [4.78, 5) is 65.1. The number of imidazole rings is 1. The molecule has 1 aromatic heterocycles. The topological polar surface area (TPSA) is 217 Å². The fraction of sp³-hybridized carbons (Fsp3) is 0.529. The minimum atomic E-state index is -1.26. The molecule has 0 spiro atoms. The predicted molar refractivity (Wildman–Crippen MR) is 102 cm³/mol. The molecule has 4 atom stereocenters. The molecular formula is C17H26N6O7. The molecule has 166 valence electrons. The van der Waals surface area contributed by atoms with Crippen LogP contribution >= 0.6 is 0 Å². The molecule has 1 heterocycles. The summed E-state index contributed by atoms with van der Waals surface area (Å²) >= 11 is 0. The van der Waals surface area contributed by atoms with Gasteiger partial charge in [-0.05, 0) is 20.3 Å². The first kappa shape index (κ1) is 24.6. The number of carboxylic acid groups (broad SMARTS) is 2. The highest BCUT2D eigenvalue weighted by molar-refractivity contribution is 5.94. The van der Waals surface area contributed by atoms with Gasteiger partial charge in [-0.1, -0.05) is 0 Å². The van der Waals surface area contributed by atoms with E-state index in [1.165, 1.54) is 26.4 Å². The van der Waals surface area contributed by atoms with Crippen molar-refractivity contribution in [3.05, 3.63) is 18.2 Å². The number of hydrogen-bond donors (Lipinski definition) is 7. The fourth-order valence-corrected chi connectivity index (χ4v) is 2.32. The van der Waals surface area contributed by atoms with Gasteiger partial charge in [0.1, 0.15) is 18.1 Å². The van der Waals surface area contributed by atoms with Crippen LogP contribution < -0.4 is 21.7 Å². The van der Waals surface area contributed by atoms with E-state index in [2.05, 4.69) is 25.9 Å². The van der Waals surface area contributed by atoms with Crippen molar-refractivity contribution in [2.24, 2.45) is 5.73 Å². The minimum Gasteiger partial charge on any atom is -0.481 e. The summed E-state index contributed by atoms with van der Waals surface area (Å²) < 4.78 is 0. The van der Waals surface area contributed by atoms with E-state index in [1.54, 1.807) is 0 Å². The Balaban J connectivity index is 2.73. The Labute approximate surface area is 171 Å². The van der Waals surface area contributed by atoms with E-state index in [9.17, 15) is 24.0 Å². The van der Waals surface area contributed by atoms with Gasteiger partial charge in [-0.3, -0.25) is 24.0 Å².